The maximum absolute atomic E-state index is 12.4. The average Bonchev–Trinajstić information content (AvgIpc) is 3.16. The van der Waals surface area contributed by atoms with E-state index in [0.717, 1.165) is 22.3 Å². The normalized spacial score (nSPS) is 10.8. The number of hydrogen-bond donors (Lipinski definition) is 1. The zero-order chi connectivity index (χ0) is 17.9. The average molecular weight is 363 g/mol. The summed E-state index contributed by atoms with van der Waals surface area (Å²) in [5.41, 5.74) is 0.835. The molecule has 4 rings (SSSR count). The third kappa shape index (κ3) is 3.25. The molecule has 0 aliphatic heterocycles. The highest BCUT2D eigenvalue weighted by Gasteiger charge is 2.13. The van der Waals surface area contributed by atoms with Crippen LogP contribution in [0.5, 0.6) is 0 Å². The molecule has 0 saturated carbocycles. The van der Waals surface area contributed by atoms with E-state index in [2.05, 4.69) is 15.5 Å². The van der Waals surface area contributed by atoms with Gasteiger partial charge >= 0.3 is 0 Å². The molecule has 2 aromatic carbocycles. The first kappa shape index (κ1) is 16.2. The van der Waals surface area contributed by atoms with Crippen molar-refractivity contribution in [1.82, 2.24) is 15.5 Å². The number of rotatable bonds is 4. The molecule has 0 fully saturated rings. The van der Waals surface area contributed by atoms with Crippen LogP contribution in [0.25, 0.3) is 22.2 Å². The third-order valence-corrected chi connectivity index (χ3v) is 4.72. The molecule has 4 aromatic rings. The Bertz CT molecular complexity index is 1140. The fourth-order valence-electron chi connectivity index (χ4n) is 2.52. The van der Waals surface area contributed by atoms with Crippen molar-refractivity contribution in [1.29, 1.82) is 0 Å². The maximum Gasteiger partial charge on any atom is 0.261 e. The van der Waals surface area contributed by atoms with Crippen LogP contribution in [0.2, 0.25) is 0 Å². The van der Waals surface area contributed by atoms with Crippen LogP contribution in [0.3, 0.4) is 0 Å². The molecule has 26 heavy (non-hydrogen) atoms. The second-order valence-electron chi connectivity index (χ2n) is 5.55. The van der Waals surface area contributed by atoms with Gasteiger partial charge in [0.2, 0.25) is 16.5 Å². The standard InChI is InChI=1S/C19H13N3O3S/c23-18(15-10-13-8-4-5-9-14(13)19(24)26-15)20-11-16-21-17(22-25-16)12-6-2-1-3-7-12/h1-10H,11H2,(H,20,23). The second kappa shape index (κ2) is 6.89. The number of aromatic nitrogens is 2. The summed E-state index contributed by atoms with van der Waals surface area (Å²) in [4.78, 5) is 29.1. The Morgan fingerprint density at radius 1 is 1.08 bits per heavy atom. The Labute approximate surface area is 152 Å². The van der Waals surface area contributed by atoms with Crippen molar-refractivity contribution in [2.24, 2.45) is 0 Å². The first-order chi connectivity index (χ1) is 12.7. The summed E-state index contributed by atoms with van der Waals surface area (Å²) in [6.45, 7) is 0.0897. The molecular weight excluding hydrogens is 350 g/mol. The highest BCUT2D eigenvalue weighted by Crippen LogP contribution is 2.16. The quantitative estimate of drug-likeness (QED) is 0.602. The molecule has 7 heteroatoms. The van der Waals surface area contributed by atoms with E-state index in [1.807, 2.05) is 42.5 Å². The number of carbonyl (C=O) groups excluding carboxylic acids is 1. The van der Waals surface area contributed by atoms with Gasteiger partial charge in [0.1, 0.15) is 0 Å². The van der Waals surface area contributed by atoms with Crippen molar-refractivity contribution >= 4 is 28.0 Å². The van der Waals surface area contributed by atoms with E-state index in [-0.39, 0.29) is 17.2 Å². The van der Waals surface area contributed by atoms with Crippen molar-refractivity contribution in [2.75, 3.05) is 0 Å². The molecule has 1 N–H and O–H groups in total. The molecule has 0 atom stereocenters. The van der Waals surface area contributed by atoms with Crippen molar-refractivity contribution in [3.05, 3.63) is 81.0 Å². The molecule has 1 amide bonds. The van der Waals surface area contributed by atoms with Crippen LogP contribution in [0.4, 0.5) is 0 Å². The first-order valence-corrected chi connectivity index (χ1v) is 8.71. The van der Waals surface area contributed by atoms with Gasteiger partial charge in [0.25, 0.3) is 5.91 Å². The van der Waals surface area contributed by atoms with Crippen LogP contribution < -0.4 is 10.1 Å². The summed E-state index contributed by atoms with van der Waals surface area (Å²) >= 11 is 0.918. The molecule has 0 bridgehead atoms. The Kier molecular flexibility index (Phi) is 4.28. The van der Waals surface area contributed by atoms with E-state index < -0.39 is 0 Å². The van der Waals surface area contributed by atoms with Gasteiger partial charge in [-0.25, -0.2) is 0 Å². The van der Waals surface area contributed by atoms with Crippen LogP contribution >= 0.6 is 11.3 Å². The molecule has 0 radical (unpaired) electrons. The van der Waals surface area contributed by atoms with Gasteiger partial charge in [-0.2, -0.15) is 4.98 Å². The summed E-state index contributed by atoms with van der Waals surface area (Å²) in [6, 6.07) is 18.3. The fraction of sp³-hybridized carbons (Fsp3) is 0.0526. The van der Waals surface area contributed by atoms with E-state index in [4.69, 9.17) is 4.52 Å². The summed E-state index contributed by atoms with van der Waals surface area (Å²) in [7, 11) is 0. The number of benzene rings is 2. The molecule has 0 unspecified atom stereocenters. The second-order valence-corrected chi connectivity index (χ2v) is 6.56. The molecule has 128 valence electrons. The maximum atomic E-state index is 12.4. The predicted octanol–water partition coefficient (Wildman–Crippen LogP) is 3.24. The van der Waals surface area contributed by atoms with Gasteiger partial charge in [-0.15, -0.1) is 0 Å². The van der Waals surface area contributed by atoms with Crippen molar-refractivity contribution in [3.8, 4) is 11.4 Å². The molecule has 0 aliphatic rings. The van der Waals surface area contributed by atoms with Gasteiger partial charge in [0, 0.05) is 10.9 Å². The summed E-state index contributed by atoms with van der Waals surface area (Å²) in [5, 5.41) is 7.97. The lowest BCUT2D eigenvalue weighted by Gasteiger charge is -2.03. The zero-order valence-corrected chi connectivity index (χ0v) is 14.3. The monoisotopic (exact) mass is 363 g/mol. The van der Waals surface area contributed by atoms with Crippen LogP contribution in [0.15, 0.2) is 70.0 Å². The number of carbonyl (C=O) groups is 1. The Morgan fingerprint density at radius 3 is 2.69 bits per heavy atom. The Morgan fingerprint density at radius 2 is 1.85 bits per heavy atom. The van der Waals surface area contributed by atoms with Crippen LogP contribution in [-0.2, 0) is 6.54 Å². The van der Waals surface area contributed by atoms with Crippen molar-refractivity contribution in [3.63, 3.8) is 0 Å². The van der Waals surface area contributed by atoms with E-state index in [0.29, 0.717) is 22.0 Å². The van der Waals surface area contributed by atoms with Gasteiger partial charge in [-0.1, -0.05) is 65.0 Å². The molecule has 2 heterocycles. The SMILES string of the molecule is O=C(NCc1nc(-c2ccccc2)no1)c1cc2ccccc2c(=O)s1. The molecule has 0 aliphatic carbocycles. The largest absolute Gasteiger partial charge is 0.342 e. The number of fused-ring (bicyclic) bond motifs is 1. The van der Waals surface area contributed by atoms with Crippen molar-refractivity contribution in [2.45, 2.75) is 6.54 Å². The Balaban J connectivity index is 1.49. The summed E-state index contributed by atoms with van der Waals surface area (Å²) in [6.07, 6.45) is 0. The van der Waals surface area contributed by atoms with Crippen LogP contribution in [0, 0.1) is 0 Å². The zero-order valence-electron chi connectivity index (χ0n) is 13.5. The lowest BCUT2D eigenvalue weighted by atomic mass is 10.2. The molecule has 6 nitrogen and oxygen atoms in total. The van der Waals surface area contributed by atoms with E-state index >= 15 is 0 Å². The van der Waals surface area contributed by atoms with E-state index in [9.17, 15) is 9.59 Å². The minimum atomic E-state index is -0.350. The minimum absolute atomic E-state index is 0.0897. The van der Waals surface area contributed by atoms with Crippen molar-refractivity contribution < 1.29 is 9.32 Å². The highest BCUT2D eigenvalue weighted by molar-refractivity contribution is 7.12. The van der Waals surface area contributed by atoms with Gasteiger partial charge in [-0.05, 0) is 17.5 Å². The highest BCUT2D eigenvalue weighted by atomic mass is 32.1. The third-order valence-electron chi connectivity index (χ3n) is 3.79. The van der Waals surface area contributed by atoms with Gasteiger partial charge in [-0.3, -0.25) is 9.59 Å². The fourth-order valence-corrected chi connectivity index (χ4v) is 3.37. The topological polar surface area (TPSA) is 85.1 Å². The lowest BCUT2D eigenvalue weighted by Crippen LogP contribution is -2.23. The van der Waals surface area contributed by atoms with E-state index in [1.165, 1.54) is 0 Å². The predicted molar refractivity (Wildman–Crippen MR) is 99.0 cm³/mol. The lowest BCUT2D eigenvalue weighted by molar-refractivity contribution is 0.0950. The molecule has 0 saturated heterocycles. The summed E-state index contributed by atoms with van der Waals surface area (Å²) < 4.78 is 5.02. The number of nitrogens with zero attached hydrogens (tertiary/aromatic N) is 2. The van der Waals surface area contributed by atoms with Gasteiger partial charge in [0.05, 0.1) is 11.4 Å². The number of amides is 1. The van der Waals surface area contributed by atoms with Crippen LogP contribution in [0.1, 0.15) is 15.6 Å². The molecule has 2 aromatic heterocycles. The number of nitrogens with one attached hydrogen (secondary N) is 1. The van der Waals surface area contributed by atoms with Crippen LogP contribution in [-0.4, -0.2) is 16.0 Å². The smallest absolute Gasteiger partial charge is 0.261 e. The molecular formula is C19H13N3O3S. The minimum Gasteiger partial charge on any atom is -0.342 e. The Hall–Kier alpha value is -3.32. The van der Waals surface area contributed by atoms with E-state index in [1.54, 1.807) is 18.2 Å². The molecule has 0 spiro atoms. The number of hydrogen-bond acceptors (Lipinski definition) is 6. The summed E-state index contributed by atoms with van der Waals surface area (Å²) in [5.74, 6) is 0.410. The van der Waals surface area contributed by atoms with Gasteiger partial charge < -0.3 is 9.84 Å². The van der Waals surface area contributed by atoms with Gasteiger partial charge in [0.15, 0.2) is 0 Å². The first-order valence-electron chi connectivity index (χ1n) is 7.90.